The summed E-state index contributed by atoms with van der Waals surface area (Å²) in [4.78, 5) is 8.23. The van der Waals surface area contributed by atoms with Crippen LogP contribution in [0.2, 0.25) is 0 Å². The summed E-state index contributed by atoms with van der Waals surface area (Å²) in [7, 11) is 0. The highest BCUT2D eigenvalue weighted by molar-refractivity contribution is 5.59. The Hall–Kier alpha value is -1.53. The van der Waals surface area contributed by atoms with Crippen LogP contribution < -0.4 is 10.6 Å². The molecule has 4 nitrogen and oxygen atoms in total. The number of rotatable bonds is 6. The van der Waals surface area contributed by atoms with Gasteiger partial charge in [-0.1, -0.05) is 13.8 Å². The molecule has 0 saturated carbocycles. The van der Waals surface area contributed by atoms with Crippen molar-refractivity contribution in [2.45, 2.75) is 52.3 Å². The zero-order valence-corrected chi connectivity index (χ0v) is 12.2. The molecule has 0 saturated heterocycles. The van der Waals surface area contributed by atoms with Crippen LogP contribution in [-0.4, -0.2) is 28.7 Å². The Labute approximate surface area is 117 Å². The lowest BCUT2D eigenvalue weighted by atomic mass is 10.0. The first-order valence-electron chi connectivity index (χ1n) is 6.66. The van der Waals surface area contributed by atoms with Crippen LogP contribution >= 0.6 is 0 Å². The van der Waals surface area contributed by atoms with Crippen LogP contribution in [-0.2, 0) is 0 Å². The fourth-order valence-electron chi connectivity index (χ4n) is 2.00. The van der Waals surface area contributed by atoms with Gasteiger partial charge >= 0.3 is 6.18 Å². The molecule has 2 N–H and O–H groups in total. The Balaban J connectivity index is 2.96. The van der Waals surface area contributed by atoms with E-state index in [1.165, 1.54) is 13.3 Å². The summed E-state index contributed by atoms with van der Waals surface area (Å²) in [6, 6.07) is -0.739. The molecule has 0 aromatic carbocycles. The average molecular weight is 290 g/mol. The number of hydrogen-bond donors (Lipinski definition) is 2. The minimum atomic E-state index is -4.19. The molecule has 0 aliphatic heterocycles. The molecule has 1 heterocycles. The first kappa shape index (κ1) is 16.5. The summed E-state index contributed by atoms with van der Waals surface area (Å²) in [5.74, 6) is 1.23. The third-order valence-electron chi connectivity index (χ3n) is 2.73. The highest BCUT2D eigenvalue weighted by atomic mass is 19.4. The van der Waals surface area contributed by atoms with Gasteiger partial charge in [-0.15, -0.1) is 0 Å². The molecular weight excluding hydrogens is 269 g/mol. The number of aromatic nitrogens is 2. The van der Waals surface area contributed by atoms with Gasteiger partial charge in [0.15, 0.2) is 0 Å². The second-order valence-corrected chi connectivity index (χ2v) is 5.03. The minimum Gasteiger partial charge on any atom is -0.370 e. The summed E-state index contributed by atoms with van der Waals surface area (Å²) >= 11 is 0. The molecule has 0 bridgehead atoms. The highest BCUT2D eigenvalue weighted by Gasteiger charge is 2.30. The van der Waals surface area contributed by atoms with E-state index in [1.807, 2.05) is 20.8 Å². The molecular formula is C13H21F3N4. The Kier molecular flexibility index (Phi) is 5.59. The highest BCUT2D eigenvalue weighted by Crippen LogP contribution is 2.30. The normalized spacial score (nSPS) is 13.4. The second kappa shape index (κ2) is 6.76. The molecule has 1 aromatic rings. The monoisotopic (exact) mass is 290 g/mol. The van der Waals surface area contributed by atoms with E-state index in [-0.39, 0.29) is 5.92 Å². The molecule has 114 valence electrons. The van der Waals surface area contributed by atoms with Gasteiger partial charge in [0.25, 0.3) is 0 Å². The molecule has 1 atom stereocenters. The maximum Gasteiger partial charge on any atom is 0.391 e. The third kappa shape index (κ3) is 4.86. The maximum absolute atomic E-state index is 12.4. The number of alkyl halides is 3. The topological polar surface area (TPSA) is 49.8 Å². The zero-order chi connectivity index (χ0) is 15.3. The van der Waals surface area contributed by atoms with E-state index in [0.29, 0.717) is 18.2 Å². The quantitative estimate of drug-likeness (QED) is 0.837. The van der Waals surface area contributed by atoms with Crippen LogP contribution in [0.4, 0.5) is 24.8 Å². The lowest BCUT2D eigenvalue weighted by Crippen LogP contribution is -2.25. The van der Waals surface area contributed by atoms with Crippen molar-refractivity contribution in [2.24, 2.45) is 0 Å². The molecule has 0 radical (unpaired) electrons. The molecule has 7 heteroatoms. The molecule has 1 rings (SSSR count). The van der Waals surface area contributed by atoms with E-state index in [9.17, 15) is 13.2 Å². The zero-order valence-electron chi connectivity index (χ0n) is 12.2. The first-order valence-corrected chi connectivity index (χ1v) is 6.66. The van der Waals surface area contributed by atoms with E-state index in [1.54, 1.807) is 0 Å². The van der Waals surface area contributed by atoms with Gasteiger partial charge in [0, 0.05) is 18.2 Å². The Bertz CT molecular complexity index is 432. The number of nitrogens with zero attached hydrogens (tertiary/aromatic N) is 2. The van der Waals surface area contributed by atoms with Crippen LogP contribution in [0.25, 0.3) is 0 Å². The maximum atomic E-state index is 12.4. The number of halogens is 3. The van der Waals surface area contributed by atoms with Gasteiger partial charge in [0.1, 0.15) is 18.0 Å². The molecule has 1 unspecified atom stereocenters. The summed E-state index contributed by atoms with van der Waals surface area (Å²) in [6.07, 6.45) is -3.74. The molecule has 20 heavy (non-hydrogen) atoms. The standard InChI is InChI=1S/C13H21F3N4/c1-5-17-11-10(8(2)3)12(19-7-18-11)20-9(4)6-13(14,15)16/h7-9H,5-6H2,1-4H3,(H2,17,18,19,20). The van der Waals surface area contributed by atoms with Gasteiger partial charge in [0.2, 0.25) is 0 Å². The predicted octanol–water partition coefficient (Wildman–Crippen LogP) is 3.78. The van der Waals surface area contributed by atoms with Gasteiger partial charge < -0.3 is 10.6 Å². The van der Waals surface area contributed by atoms with Crippen molar-refractivity contribution in [2.75, 3.05) is 17.2 Å². The minimum absolute atomic E-state index is 0.103. The van der Waals surface area contributed by atoms with E-state index in [0.717, 1.165) is 5.56 Å². The largest absolute Gasteiger partial charge is 0.391 e. The molecule has 0 aliphatic carbocycles. The van der Waals surface area contributed by atoms with Crippen molar-refractivity contribution >= 4 is 11.6 Å². The van der Waals surface area contributed by atoms with Crippen LogP contribution in [0.3, 0.4) is 0 Å². The molecule has 0 spiro atoms. The van der Waals surface area contributed by atoms with Crippen molar-refractivity contribution in [3.8, 4) is 0 Å². The predicted molar refractivity (Wildman–Crippen MR) is 74.0 cm³/mol. The van der Waals surface area contributed by atoms with Crippen molar-refractivity contribution in [3.63, 3.8) is 0 Å². The van der Waals surface area contributed by atoms with Crippen LogP contribution in [0.5, 0.6) is 0 Å². The Morgan fingerprint density at radius 1 is 1.15 bits per heavy atom. The Morgan fingerprint density at radius 3 is 2.25 bits per heavy atom. The van der Waals surface area contributed by atoms with Crippen molar-refractivity contribution in [1.82, 2.24) is 9.97 Å². The smallest absolute Gasteiger partial charge is 0.370 e. The Morgan fingerprint density at radius 2 is 1.75 bits per heavy atom. The molecule has 0 fully saturated rings. The van der Waals surface area contributed by atoms with E-state index < -0.39 is 18.6 Å². The average Bonchev–Trinajstić information content (AvgIpc) is 2.26. The number of nitrogens with one attached hydrogen (secondary N) is 2. The number of anilines is 2. The number of hydrogen-bond acceptors (Lipinski definition) is 4. The van der Waals surface area contributed by atoms with Gasteiger partial charge in [-0.05, 0) is 19.8 Å². The lowest BCUT2D eigenvalue weighted by molar-refractivity contribution is -0.136. The van der Waals surface area contributed by atoms with Gasteiger partial charge in [-0.25, -0.2) is 9.97 Å². The van der Waals surface area contributed by atoms with Crippen molar-refractivity contribution in [1.29, 1.82) is 0 Å². The van der Waals surface area contributed by atoms with E-state index in [4.69, 9.17) is 0 Å². The van der Waals surface area contributed by atoms with Crippen LogP contribution in [0, 0.1) is 0 Å². The fraction of sp³-hybridized carbons (Fsp3) is 0.692. The van der Waals surface area contributed by atoms with Gasteiger partial charge in [-0.3, -0.25) is 0 Å². The third-order valence-corrected chi connectivity index (χ3v) is 2.73. The summed E-state index contributed by atoms with van der Waals surface area (Å²) in [5, 5.41) is 5.94. The van der Waals surface area contributed by atoms with Gasteiger partial charge in [-0.2, -0.15) is 13.2 Å². The summed E-state index contributed by atoms with van der Waals surface area (Å²) in [5.41, 5.74) is 0.809. The SMILES string of the molecule is CCNc1ncnc(NC(C)CC(F)(F)F)c1C(C)C. The molecule has 0 aliphatic rings. The van der Waals surface area contributed by atoms with Crippen molar-refractivity contribution < 1.29 is 13.2 Å². The lowest BCUT2D eigenvalue weighted by Gasteiger charge is -2.21. The fourth-order valence-corrected chi connectivity index (χ4v) is 2.00. The first-order chi connectivity index (χ1) is 9.24. The van der Waals surface area contributed by atoms with Crippen LogP contribution in [0.15, 0.2) is 6.33 Å². The summed E-state index contributed by atoms with van der Waals surface area (Å²) in [6.45, 7) is 8.03. The molecule has 1 aromatic heterocycles. The van der Waals surface area contributed by atoms with Gasteiger partial charge in [0.05, 0.1) is 6.42 Å². The van der Waals surface area contributed by atoms with Crippen molar-refractivity contribution in [3.05, 3.63) is 11.9 Å². The summed E-state index contributed by atoms with van der Waals surface area (Å²) < 4.78 is 37.1. The van der Waals surface area contributed by atoms with E-state index >= 15 is 0 Å². The van der Waals surface area contributed by atoms with E-state index in [2.05, 4.69) is 20.6 Å². The molecule has 0 amide bonds. The second-order valence-electron chi connectivity index (χ2n) is 5.03. The van der Waals surface area contributed by atoms with Crippen LogP contribution in [0.1, 0.15) is 45.6 Å².